The van der Waals surface area contributed by atoms with Gasteiger partial charge in [-0.2, -0.15) is 0 Å². The Morgan fingerprint density at radius 2 is 1.78 bits per heavy atom. The van der Waals surface area contributed by atoms with Gasteiger partial charge in [0.25, 0.3) is 0 Å². The van der Waals surface area contributed by atoms with Crippen LogP contribution in [0.1, 0.15) is 44.6 Å². The van der Waals surface area contributed by atoms with Crippen molar-refractivity contribution in [2.24, 2.45) is 0 Å². The largest absolute Gasteiger partial charge is 0.399 e. The summed E-state index contributed by atoms with van der Waals surface area (Å²) in [6.45, 7) is 3.95. The van der Waals surface area contributed by atoms with Gasteiger partial charge in [-0.05, 0) is 31.0 Å². The first kappa shape index (κ1) is 15.0. The highest BCUT2D eigenvalue weighted by Crippen LogP contribution is 2.20. The average Bonchev–Trinajstić information content (AvgIpc) is 2.32. The topological polar surface area (TPSA) is 60.2 Å². The van der Waals surface area contributed by atoms with Gasteiger partial charge in [0.05, 0.1) is 10.6 Å². The van der Waals surface area contributed by atoms with Crippen molar-refractivity contribution in [1.29, 1.82) is 0 Å². The molecule has 102 valence electrons. The lowest BCUT2D eigenvalue weighted by Crippen LogP contribution is -2.09. The molecule has 0 unspecified atom stereocenters. The molecule has 2 N–H and O–H groups in total. The molecule has 0 heterocycles. The van der Waals surface area contributed by atoms with E-state index in [0.717, 1.165) is 24.8 Å². The second kappa shape index (κ2) is 6.78. The van der Waals surface area contributed by atoms with Gasteiger partial charge < -0.3 is 5.73 Å². The van der Waals surface area contributed by atoms with Crippen LogP contribution in [0.3, 0.4) is 0 Å². The molecular formula is C14H23NO2S. The predicted molar refractivity (Wildman–Crippen MR) is 76.4 cm³/mol. The normalized spacial score (nSPS) is 11.7. The van der Waals surface area contributed by atoms with Crippen molar-refractivity contribution in [2.75, 3.05) is 11.5 Å². The standard InChI is InChI=1S/C14H23NO2S/c1-3-4-5-6-7-10-18(16,17)14-11-13(15)9-8-12(14)2/h8-9,11H,3-7,10,15H2,1-2H3. The summed E-state index contributed by atoms with van der Waals surface area (Å²) in [6.07, 6.45) is 5.17. The summed E-state index contributed by atoms with van der Waals surface area (Å²) in [4.78, 5) is 0.387. The highest BCUT2D eigenvalue weighted by atomic mass is 32.2. The summed E-state index contributed by atoms with van der Waals surface area (Å²) < 4.78 is 24.4. The average molecular weight is 269 g/mol. The number of unbranched alkanes of at least 4 members (excludes halogenated alkanes) is 4. The van der Waals surface area contributed by atoms with Crippen molar-refractivity contribution in [1.82, 2.24) is 0 Å². The maximum Gasteiger partial charge on any atom is 0.178 e. The van der Waals surface area contributed by atoms with Crippen LogP contribution in [0, 0.1) is 6.92 Å². The third-order valence-electron chi connectivity index (χ3n) is 3.06. The molecule has 0 bridgehead atoms. The minimum atomic E-state index is -3.18. The molecule has 0 atom stereocenters. The number of hydrogen-bond acceptors (Lipinski definition) is 3. The fourth-order valence-electron chi connectivity index (χ4n) is 1.96. The molecule has 0 saturated carbocycles. The third kappa shape index (κ3) is 4.33. The van der Waals surface area contributed by atoms with Crippen LogP contribution in [0.4, 0.5) is 5.69 Å². The first-order chi connectivity index (χ1) is 8.47. The van der Waals surface area contributed by atoms with Gasteiger partial charge in [-0.15, -0.1) is 0 Å². The zero-order valence-electron chi connectivity index (χ0n) is 11.3. The predicted octanol–water partition coefficient (Wildman–Crippen LogP) is 3.32. The van der Waals surface area contributed by atoms with Gasteiger partial charge in [-0.3, -0.25) is 0 Å². The Kier molecular flexibility index (Phi) is 5.66. The van der Waals surface area contributed by atoms with Crippen LogP contribution in [0.5, 0.6) is 0 Å². The molecule has 0 fully saturated rings. The molecule has 0 aliphatic rings. The van der Waals surface area contributed by atoms with E-state index in [2.05, 4.69) is 6.92 Å². The molecule has 1 aromatic carbocycles. The number of hydrogen-bond donors (Lipinski definition) is 1. The number of sulfone groups is 1. The monoisotopic (exact) mass is 269 g/mol. The Bertz CT molecular complexity index is 481. The Balaban J connectivity index is 2.66. The van der Waals surface area contributed by atoms with Gasteiger partial charge in [-0.1, -0.05) is 38.7 Å². The van der Waals surface area contributed by atoms with Crippen LogP contribution in [0.2, 0.25) is 0 Å². The lowest BCUT2D eigenvalue weighted by molar-refractivity contribution is 0.586. The second-order valence-electron chi connectivity index (χ2n) is 4.76. The second-order valence-corrected chi connectivity index (χ2v) is 6.84. The van der Waals surface area contributed by atoms with Crippen LogP contribution in [0.25, 0.3) is 0 Å². The van der Waals surface area contributed by atoms with Crippen LogP contribution in [0.15, 0.2) is 23.1 Å². The van der Waals surface area contributed by atoms with Crippen molar-refractivity contribution in [3.63, 3.8) is 0 Å². The molecule has 0 radical (unpaired) electrons. The van der Waals surface area contributed by atoms with E-state index in [9.17, 15) is 8.42 Å². The van der Waals surface area contributed by atoms with Crippen molar-refractivity contribution in [2.45, 2.75) is 50.8 Å². The fourth-order valence-corrected chi connectivity index (χ4v) is 3.64. The van der Waals surface area contributed by atoms with E-state index in [-0.39, 0.29) is 5.75 Å². The van der Waals surface area contributed by atoms with Crippen LogP contribution in [-0.4, -0.2) is 14.2 Å². The molecule has 0 saturated heterocycles. The van der Waals surface area contributed by atoms with E-state index in [1.165, 1.54) is 12.8 Å². The maximum atomic E-state index is 12.2. The molecular weight excluding hydrogens is 246 g/mol. The smallest absolute Gasteiger partial charge is 0.178 e. The molecule has 0 aliphatic heterocycles. The van der Waals surface area contributed by atoms with Crippen molar-refractivity contribution in [3.8, 4) is 0 Å². The first-order valence-electron chi connectivity index (χ1n) is 6.56. The number of rotatable bonds is 7. The molecule has 0 amide bonds. The number of anilines is 1. The molecule has 1 aromatic rings. The molecule has 1 rings (SSSR count). The minimum Gasteiger partial charge on any atom is -0.399 e. The molecule has 0 aliphatic carbocycles. The van der Waals surface area contributed by atoms with Gasteiger partial charge >= 0.3 is 0 Å². The number of nitrogens with two attached hydrogens (primary N) is 1. The van der Waals surface area contributed by atoms with Crippen molar-refractivity contribution in [3.05, 3.63) is 23.8 Å². The molecule has 18 heavy (non-hydrogen) atoms. The van der Waals surface area contributed by atoms with Gasteiger partial charge in [0.15, 0.2) is 9.84 Å². The summed E-state index contributed by atoms with van der Waals surface area (Å²) in [5, 5.41) is 0. The molecule has 4 heteroatoms. The van der Waals surface area contributed by atoms with Gasteiger partial charge in [0.1, 0.15) is 0 Å². The summed E-state index contributed by atoms with van der Waals surface area (Å²) >= 11 is 0. The van der Waals surface area contributed by atoms with E-state index in [1.807, 2.05) is 6.92 Å². The van der Waals surface area contributed by atoms with Crippen LogP contribution in [-0.2, 0) is 9.84 Å². The van der Waals surface area contributed by atoms with Gasteiger partial charge in [0, 0.05) is 5.69 Å². The maximum absolute atomic E-state index is 12.2. The quantitative estimate of drug-likeness (QED) is 0.610. The Morgan fingerprint density at radius 1 is 1.11 bits per heavy atom. The zero-order chi connectivity index (χ0) is 13.6. The third-order valence-corrected chi connectivity index (χ3v) is 5.00. The Morgan fingerprint density at radius 3 is 2.44 bits per heavy atom. The van der Waals surface area contributed by atoms with Crippen molar-refractivity contribution < 1.29 is 8.42 Å². The summed E-state index contributed by atoms with van der Waals surface area (Å²) in [5.74, 6) is 0.223. The number of nitrogen functional groups attached to an aromatic ring is 1. The van der Waals surface area contributed by atoms with E-state index >= 15 is 0 Å². The lowest BCUT2D eigenvalue weighted by atomic mass is 10.2. The minimum absolute atomic E-state index is 0.223. The Labute approximate surface area is 110 Å². The van der Waals surface area contributed by atoms with E-state index in [4.69, 9.17) is 5.73 Å². The first-order valence-corrected chi connectivity index (χ1v) is 8.21. The van der Waals surface area contributed by atoms with Crippen molar-refractivity contribution >= 4 is 15.5 Å². The summed E-state index contributed by atoms with van der Waals surface area (Å²) in [7, 11) is -3.18. The SMILES string of the molecule is CCCCCCCS(=O)(=O)c1cc(N)ccc1C. The van der Waals surface area contributed by atoms with Crippen LogP contribution < -0.4 is 5.73 Å². The van der Waals surface area contributed by atoms with E-state index in [0.29, 0.717) is 10.6 Å². The Hall–Kier alpha value is -1.03. The van der Waals surface area contributed by atoms with E-state index < -0.39 is 9.84 Å². The zero-order valence-corrected chi connectivity index (χ0v) is 12.1. The van der Waals surface area contributed by atoms with Gasteiger partial charge in [0.2, 0.25) is 0 Å². The highest BCUT2D eigenvalue weighted by Gasteiger charge is 2.16. The fraction of sp³-hybridized carbons (Fsp3) is 0.571. The van der Waals surface area contributed by atoms with Gasteiger partial charge in [-0.25, -0.2) is 8.42 Å². The number of aryl methyl sites for hydroxylation is 1. The van der Waals surface area contributed by atoms with Crippen LogP contribution >= 0.6 is 0 Å². The number of benzene rings is 1. The summed E-state index contributed by atoms with van der Waals surface area (Å²) in [5.41, 5.74) is 6.93. The highest BCUT2D eigenvalue weighted by molar-refractivity contribution is 7.91. The molecule has 0 aromatic heterocycles. The lowest BCUT2D eigenvalue weighted by Gasteiger charge is -2.08. The molecule has 0 spiro atoms. The molecule has 3 nitrogen and oxygen atoms in total. The van der Waals surface area contributed by atoms with E-state index in [1.54, 1.807) is 18.2 Å². The summed E-state index contributed by atoms with van der Waals surface area (Å²) in [6, 6.07) is 5.06.